The van der Waals surface area contributed by atoms with Crippen molar-refractivity contribution in [3.63, 3.8) is 0 Å². The van der Waals surface area contributed by atoms with Crippen molar-refractivity contribution >= 4 is 5.97 Å². The molecule has 0 aromatic carbocycles. The first-order chi connectivity index (χ1) is 6.90. The molecule has 0 aliphatic heterocycles. The lowest BCUT2D eigenvalue weighted by molar-refractivity contribution is -0.171. The van der Waals surface area contributed by atoms with Gasteiger partial charge in [-0.2, -0.15) is 0 Å². The fourth-order valence-corrected chi connectivity index (χ4v) is 1.63. The summed E-state index contributed by atoms with van der Waals surface area (Å²) < 4.78 is 5.25. The van der Waals surface area contributed by atoms with Crippen LogP contribution < -0.4 is 5.73 Å². The monoisotopic (exact) mass is 231 g/mol. The van der Waals surface area contributed by atoms with Crippen molar-refractivity contribution in [2.24, 2.45) is 11.1 Å². The van der Waals surface area contributed by atoms with Crippen LogP contribution in [-0.2, 0) is 9.53 Å². The summed E-state index contributed by atoms with van der Waals surface area (Å²) in [6.45, 7) is 10.5. The van der Waals surface area contributed by atoms with Crippen LogP contribution in [0.25, 0.3) is 0 Å². The Morgan fingerprint density at radius 1 is 1.19 bits per heavy atom. The summed E-state index contributed by atoms with van der Waals surface area (Å²) in [5.41, 5.74) is 3.99. The van der Waals surface area contributed by atoms with Crippen molar-refractivity contribution in [1.82, 2.24) is 0 Å². The number of carbonyl (C=O) groups is 1. The third kappa shape index (κ3) is 5.47. The highest BCUT2D eigenvalue weighted by Crippen LogP contribution is 2.29. The van der Waals surface area contributed by atoms with Gasteiger partial charge in [-0.3, -0.25) is 4.79 Å². The average Bonchev–Trinajstić information content (AvgIpc) is 1.99. The van der Waals surface area contributed by atoms with Crippen molar-refractivity contribution in [2.75, 3.05) is 6.61 Å². The molecule has 0 rings (SSSR count). The van der Waals surface area contributed by atoms with Gasteiger partial charge >= 0.3 is 5.97 Å². The van der Waals surface area contributed by atoms with E-state index in [0.717, 1.165) is 0 Å². The zero-order valence-corrected chi connectivity index (χ0v) is 11.3. The van der Waals surface area contributed by atoms with Gasteiger partial charge < -0.3 is 15.6 Å². The van der Waals surface area contributed by atoms with Gasteiger partial charge in [0.25, 0.3) is 0 Å². The lowest BCUT2D eigenvalue weighted by atomic mass is 9.80. The van der Waals surface area contributed by atoms with Gasteiger partial charge in [-0.25, -0.2) is 0 Å². The quantitative estimate of drug-likeness (QED) is 0.702. The van der Waals surface area contributed by atoms with E-state index in [-0.39, 0.29) is 12.6 Å². The molecule has 0 unspecified atom stereocenters. The Morgan fingerprint density at radius 2 is 1.62 bits per heavy atom. The predicted octanol–water partition coefficient (Wildman–Crippen LogP) is 1.45. The van der Waals surface area contributed by atoms with Crippen LogP contribution in [0.4, 0.5) is 0 Å². The molecule has 0 bridgehead atoms. The van der Waals surface area contributed by atoms with E-state index in [1.54, 1.807) is 27.7 Å². The second-order valence-corrected chi connectivity index (χ2v) is 6.36. The SMILES string of the molecule is CC(C)(N)CC(C)(C)C(=O)OC(C)(C)CO. The van der Waals surface area contributed by atoms with Gasteiger partial charge in [-0.15, -0.1) is 0 Å². The molecule has 0 spiro atoms. The highest BCUT2D eigenvalue weighted by atomic mass is 16.6. The predicted molar refractivity (Wildman–Crippen MR) is 63.9 cm³/mol. The van der Waals surface area contributed by atoms with Gasteiger partial charge in [-0.05, 0) is 48.0 Å². The molecular formula is C12H25NO3. The number of esters is 1. The molecule has 0 heterocycles. The molecule has 3 N–H and O–H groups in total. The topological polar surface area (TPSA) is 72.6 Å². The number of hydrogen-bond acceptors (Lipinski definition) is 4. The normalized spacial score (nSPS) is 13.8. The summed E-state index contributed by atoms with van der Waals surface area (Å²) >= 11 is 0. The Kier molecular flexibility index (Phi) is 4.54. The number of rotatable bonds is 5. The summed E-state index contributed by atoms with van der Waals surface area (Å²) in [5, 5.41) is 9.04. The third-order valence-electron chi connectivity index (χ3n) is 2.20. The van der Waals surface area contributed by atoms with E-state index in [4.69, 9.17) is 15.6 Å². The molecular weight excluding hydrogens is 206 g/mol. The number of nitrogens with two attached hydrogens (primary N) is 1. The zero-order valence-electron chi connectivity index (χ0n) is 11.3. The van der Waals surface area contributed by atoms with Crippen LogP contribution in [0.1, 0.15) is 48.0 Å². The van der Waals surface area contributed by atoms with Gasteiger partial charge in [-0.1, -0.05) is 0 Å². The van der Waals surface area contributed by atoms with E-state index in [0.29, 0.717) is 6.42 Å². The van der Waals surface area contributed by atoms with Gasteiger partial charge in [0.15, 0.2) is 0 Å². The van der Waals surface area contributed by atoms with Crippen LogP contribution in [-0.4, -0.2) is 28.8 Å². The number of hydrogen-bond donors (Lipinski definition) is 2. The molecule has 0 aromatic heterocycles. The molecule has 0 atom stereocenters. The second kappa shape index (κ2) is 4.72. The van der Waals surface area contributed by atoms with E-state index in [1.807, 2.05) is 13.8 Å². The van der Waals surface area contributed by atoms with Crippen LogP contribution in [0, 0.1) is 5.41 Å². The molecule has 4 nitrogen and oxygen atoms in total. The first-order valence-electron chi connectivity index (χ1n) is 5.53. The third-order valence-corrected chi connectivity index (χ3v) is 2.20. The van der Waals surface area contributed by atoms with E-state index >= 15 is 0 Å². The smallest absolute Gasteiger partial charge is 0.312 e. The van der Waals surface area contributed by atoms with Gasteiger partial charge in [0.1, 0.15) is 5.60 Å². The Balaban J connectivity index is 4.60. The minimum atomic E-state index is -0.840. The average molecular weight is 231 g/mol. The number of ether oxygens (including phenoxy) is 1. The van der Waals surface area contributed by atoms with Crippen LogP contribution in [0.5, 0.6) is 0 Å². The second-order valence-electron chi connectivity index (χ2n) is 6.36. The molecule has 16 heavy (non-hydrogen) atoms. The first-order valence-corrected chi connectivity index (χ1v) is 5.53. The lowest BCUT2D eigenvalue weighted by Gasteiger charge is -2.33. The molecule has 0 saturated carbocycles. The van der Waals surface area contributed by atoms with Gasteiger partial charge in [0.05, 0.1) is 12.0 Å². The molecule has 0 aromatic rings. The summed E-state index contributed by atoms with van der Waals surface area (Å²) in [4.78, 5) is 11.9. The number of carbonyl (C=O) groups excluding carboxylic acids is 1. The van der Waals surface area contributed by atoms with Crippen molar-refractivity contribution in [3.8, 4) is 0 Å². The minimum Gasteiger partial charge on any atom is -0.457 e. The minimum absolute atomic E-state index is 0.194. The van der Waals surface area contributed by atoms with E-state index in [9.17, 15) is 4.79 Å². The van der Waals surface area contributed by atoms with Crippen molar-refractivity contribution < 1.29 is 14.6 Å². The van der Waals surface area contributed by atoms with E-state index in [1.165, 1.54) is 0 Å². The van der Waals surface area contributed by atoms with Crippen LogP contribution in [0.2, 0.25) is 0 Å². The highest BCUT2D eigenvalue weighted by Gasteiger charge is 2.37. The summed E-state index contributed by atoms with van der Waals surface area (Å²) in [6.07, 6.45) is 0.528. The largest absolute Gasteiger partial charge is 0.457 e. The highest BCUT2D eigenvalue weighted by molar-refractivity contribution is 5.76. The molecule has 0 amide bonds. The number of aliphatic hydroxyl groups is 1. The summed E-state index contributed by atoms with van der Waals surface area (Å²) in [5.74, 6) is -0.329. The molecule has 0 fully saturated rings. The molecule has 0 aliphatic rings. The molecule has 0 saturated heterocycles. The van der Waals surface area contributed by atoms with Crippen molar-refractivity contribution in [2.45, 2.75) is 59.1 Å². The fourth-order valence-electron chi connectivity index (χ4n) is 1.63. The molecule has 96 valence electrons. The Hall–Kier alpha value is -0.610. The van der Waals surface area contributed by atoms with Crippen LogP contribution >= 0.6 is 0 Å². The number of aliphatic hydroxyl groups excluding tert-OH is 1. The van der Waals surface area contributed by atoms with Crippen molar-refractivity contribution in [1.29, 1.82) is 0 Å². The van der Waals surface area contributed by atoms with Gasteiger partial charge in [0, 0.05) is 5.54 Å². The molecule has 0 radical (unpaired) electrons. The standard InChI is InChI=1S/C12H25NO3/c1-10(2,7-11(3,4)13)9(15)16-12(5,6)8-14/h14H,7-8,13H2,1-6H3. The van der Waals surface area contributed by atoms with Crippen LogP contribution in [0.15, 0.2) is 0 Å². The molecule has 0 aliphatic carbocycles. The fraction of sp³-hybridized carbons (Fsp3) is 0.917. The first kappa shape index (κ1) is 15.4. The maximum absolute atomic E-state index is 11.9. The summed E-state index contributed by atoms with van der Waals surface area (Å²) in [6, 6.07) is 0. The maximum Gasteiger partial charge on any atom is 0.312 e. The zero-order chi connectivity index (χ0) is 13.2. The van der Waals surface area contributed by atoms with E-state index in [2.05, 4.69) is 0 Å². The Morgan fingerprint density at radius 3 is 1.94 bits per heavy atom. The Labute approximate surface area is 98.2 Å². The maximum atomic E-state index is 11.9. The Bertz CT molecular complexity index is 251. The lowest BCUT2D eigenvalue weighted by Crippen LogP contribution is -2.44. The molecule has 4 heteroatoms. The van der Waals surface area contributed by atoms with E-state index < -0.39 is 16.6 Å². The van der Waals surface area contributed by atoms with Crippen molar-refractivity contribution in [3.05, 3.63) is 0 Å². The van der Waals surface area contributed by atoms with Gasteiger partial charge in [0.2, 0.25) is 0 Å². The summed E-state index contributed by atoms with van der Waals surface area (Å²) in [7, 11) is 0. The van der Waals surface area contributed by atoms with Crippen LogP contribution in [0.3, 0.4) is 0 Å².